The average Bonchev–Trinajstić information content (AvgIpc) is 2.99. The van der Waals surface area contributed by atoms with E-state index in [1.165, 1.54) is 0 Å². The Balaban J connectivity index is 1.58. The molecular formula is C18H22N2O4. The highest BCUT2D eigenvalue weighted by Gasteiger charge is 2.27. The van der Waals surface area contributed by atoms with E-state index in [1.54, 1.807) is 6.07 Å². The van der Waals surface area contributed by atoms with Crippen LogP contribution in [-0.2, 0) is 9.53 Å². The number of hydrogen-bond donors (Lipinski definition) is 1. The number of benzene rings is 1. The molecule has 1 aliphatic heterocycles. The largest absolute Gasteiger partial charge is 0.466 e. The molecule has 1 aliphatic rings. The van der Waals surface area contributed by atoms with Gasteiger partial charge in [-0.05, 0) is 44.9 Å². The number of carbonyl (C=O) groups is 2. The Morgan fingerprint density at radius 1 is 1.29 bits per heavy atom. The summed E-state index contributed by atoms with van der Waals surface area (Å²) in [6.07, 6.45) is 1.36. The Kier molecular flexibility index (Phi) is 4.85. The van der Waals surface area contributed by atoms with Gasteiger partial charge >= 0.3 is 11.9 Å². The second kappa shape index (κ2) is 7.05. The molecule has 1 amide bonds. The molecule has 0 radical (unpaired) electrons. The number of ether oxygens (including phenoxy) is 1. The summed E-state index contributed by atoms with van der Waals surface area (Å²) >= 11 is 0. The molecule has 0 atom stereocenters. The molecule has 0 aliphatic carbocycles. The first-order chi connectivity index (χ1) is 11.6. The Morgan fingerprint density at radius 2 is 2.04 bits per heavy atom. The van der Waals surface area contributed by atoms with Gasteiger partial charge in [0.2, 0.25) is 0 Å². The molecule has 6 heteroatoms. The van der Waals surface area contributed by atoms with Crippen molar-refractivity contribution in [3.05, 3.63) is 35.6 Å². The summed E-state index contributed by atoms with van der Waals surface area (Å²) in [5.74, 6) is -0.190. The minimum absolute atomic E-state index is 0.0766. The van der Waals surface area contributed by atoms with Gasteiger partial charge in [0.25, 0.3) is 0 Å². The van der Waals surface area contributed by atoms with Crippen LogP contribution in [0.25, 0.3) is 11.0 Å². The van der Waals surface area contributed by atoms with E-state index in [0.29, 0.717) is 43.9 Å². The van der Waals surface area contributed by atoms with Gasteiger partial charge in [-0.1, -0.05) is 11.6 Å². The average molecular weight is 330 g/mol. The molecule has 0 saturated carbocycles. The van der Waals surface area contributed by atoms with Crippen molar-refractivity contribution in [2.24, 2.45) is 5.92 Å². The fraction of sp³-hybridized carbons (Fsp3) is 0.444. The van der Waals surface area contributed by atoms with Crippen LogP contribution in [0.2, 0.25) is 0 Å². The lowest BCUT2D eigenvalue weighted by Crippen LogP contribution is -2.47. The first-order valence-electron chi connectivity index (χ1n) is 8.29. The predicted octanol–water partition coefficient (Wildman–Crippen LogP) is 2.66. The molecule has 24 heavy (non-hydrogen) atoms. The van der Waals surface area contributed by atoms with Gasteiger partial charge in [0.1, 0.15) is 5.58 Å². The minimum atomic E-state index is -0.265. The highest BCUT2D eigenvalue weighted by atomic mass is 16.5. The van der Waals surface area contributed by atoms with Crippen LogP contribution >= 0.6 is 0 Å². The third-order valence-corrected chi connectivity index (χ3v) is 4.27. The van der Waals surface area contributed by atoms with Gasteiger partial charge in [-0.15, -0.1) is 0 Å². The zero-order chi connectivity index (χ0) is 17.1. The summed E-state index contributed by atoms with van der Waals surface area (Å²) in [6, 6.07) is 7.56. The monoisotopic (exact) mass is 330 g/mol. The van der Waals surface area contributed by atoms with Crippen molar-refractivity contribution >= 4 is 22.8 Å². The Hall–Kier alpha value is -2.34. The summed E-state index contributed by atoms with van der Waals surface area (Å²) in [5.41, 5.74) is 4.67. The molecule has 128 valence electrons. The molecule has 0 spiro atoms. The summed E-state index contributed by atoms with van der Waals surface area (Å²) < 4.78 is 10.7. The van der Waals surface area contributed by atoms with Crippen LogP contribution in [0.5, 0.6) is 0 Å². The SMILES string of the molecule is CCOC(=O)C1CCN(NC(=O)c2cc3cc(C)ccc3o2)CC1. The number of rotatable bonds is 4. The van der Waals surface area contributed by atoms with Crippen molar-refractivity contribution in [1.82, 2.24) is 10.4 Å². The van der Waals surface area contributed by atoms with Gasteiger partial charge in [0.15, 0.2) is 5.76 Å². The Morgan fingerprint density at radius 3 is 2.75 bits per heavy atom. The number of piperidine rings is 1. The lowest BCUT2D eigenvalue weighted by molar-refractivity contribution is -0.149. The summed E-state index contributed by atoms with van der Waals surface area (Å²) in [4.78, 5) is 24.1. The number of hydrazine groups is 1. The molecule has 0 unspecified atom stereocenters. The Labute approximate surface area is 140 Å². The number of nitrogens with one attached hydrogen (secondary N) is 1. The zero-order valence-corrected chi connectivity index (χ0v) is 14.0. The number of carbonyl (C=O) groups excluding carboxylic acids is 2. The maximum absolute atomic E-state index is 12.3. The lowest BCUT2D eigenvalue weighted by Gasteiger charge is -2.30. The number of nitrogens with zero attached hydrogens (tertiary/aromatic N) is 1. The molecule has 2 heterocycles. The van der Waals surface area contributed by atoms with Gasteiger partial charge in [-0.3, -0.25) is 15.0 Å². The van der Waals surface area contributed by atoms with Crippen LogP contribution in [-0.4, -0.2) is 36.6 Å². The van der Waals surface area contributed by atoms with Gasteiger partial charge < -0.3 is 9.15 Å². The van der Waals surface area contributed by atoms with Crippen molar-refractivity contribution in [3.8, 4) is 0 Å². The second-order valence-corrected chi connectivity index (χ2v) is 6.11. The molecule has 1 fully saturated rings. The van der Waals surface area contributed by atoms with Gasteiger partial charge in [0.05, 0.1) is 12.5 Å². The van der Waals surface area contributed by atoms with E-state index >= 15 is 0 Å². The summed E-state index contributed by atoms with van der Waals surface area (Å²) in [7, 11) is 0. The highest BCUT2D eigenvalue weighted by molar-refractivity contribution is 5.95. The van der Waals surface area contributed by atoms with Crippen LogP contribution in [0.1, 0.15) is 35.9 Å². The van der Waals surface area contributed by atoms with Crippen LogP contribution in [0, 0.1) is 12.8 Å². The normalized spacial score (nSPS) is 16.2. The van der Waals surface area contributed by atoms with Crippen LogP contribution in [0.3, 0.4) is 0 Å². The van der Waals surface area contributed by atoms with E-state index in [-0.39, 0.29) is 17.8 Å². The van der Waals surface area contributed by atoms with Gasteiger partial charge in [0, 0.05) is 18.5 Å². The molecule has 2 aromatic rings. The highest BCUT2D eigenvalue weighted by Crippen LogP contribution is 2.21. The molecule has 1 saturated heterocycles. The molecule has 1 aromatic heterocycles. The zero-order valence-electron chi connectivity index (χ0n) is 14.0. The first kappa shape index (κ1) is 16.5. The molecule has 3 rings (SSSR count). The number of furan rings is 1. The van der Waals surface area contributed by atoms with Crippen LogP contribution in [0.4, 0.5) is 0 Å². The number of amides is 1. The standard InChI is InChI=1S/C18H22N2O4/c1-3-23-18(22)13-6-8-20(9-7-13)19-17(21)16-11-14-10-12(2)4-5-15(14)24-16/h4-5,10-11,13H,3,6-9H2,1-2H3,(H,19,21). The molecule has 0 bridgehead atoms. The van der Waals surface area contributed by atoms with E-state index < -0.39 is 0 Å². The summed E-state index contributed by atoms with van der Waals surface area (Å²) in [6.45, 7) is 5.45. The topological polar surface area (TPSA) is 71.8 Å². The van der Waals surface area contributed by atoms with E-state index in [4.69, 9.17) is 9.15 Å². The predicted molar refractivity (Wildman–Crippen MR) is 89.3 cm³/mol. The maximum Gasteiger partial charge on any atom is 0.309 e. The van der Waals surface area contributed by atoms with E-state index in [2.05, 4.69) is 5.43 Å². The molecular weight excluding hydrogens is 308 g/mol. The van der Waals surface area contributed by atoms with Crippen molar-refractivity contribution in [2.45, 2.75) is 26.7 Å². The number of fused-ring (bicyclic) bond motifs is 1. The number of aryl methyl sites for hydroxylation is 1. The van der Waals surface area contributed by atoms with Crippen molar-refractivity contribution in [3.63, 3.8) is 0 Å². The van der Waals surface area contributed by atoms with Gasteiger partial charge in [-0.2, -0.15) is 0 Å². The fourth-order valence-corrected chi connectivity index (χ4v) is 2.96. The van der Waals surface area contributed by atoms with E-state index in [0.717, 1.165) is 10.9 Å². The molecule has 1 aromatic carbocycles. The van der Waals surface area contributed by atoms with Crippen LogP contribution < -0.4 is 5.43 Å². The van der Waals surface area contributed by atoms with Crippen molar-refractivity contribution < 1.29 is 18.7 Å². The third kappa shape index (κ3) is 3.59. The summed E-state index contributed by atoms with van der Waals surface area (Å²) in [5, 5.41) is 2.75. The second-order valence-electron chi connectivity index (χ2n) is 6.11. The smallest absolute Gasteiger partial charge is 0.309 e. The van der Waals surface area contributed by atoms with Gasteiger partial charge in [-0.25, -0.2) is 5.01 Å². The number of esters is 1. The quantitative estimate of drug-likeness (QED) is 0.873. The Bertz CT molecular complexity index is 745. The van der Waals surface area contributed by atoms with E-state index in [1.807, 2.05) is 37.1 Å². The molecule has 6 nitrogen and oxygen atoms in total. The third-order valence-electron chi connectivity index (χ3n) is 4.27. The maximum atomic E-state index is 12.3. The first-order valence-corrected chi connectivity index (χ1v) is 8.29. The lowest BCUT2D eigenvalue weighted by atomic mass is 9.98. The minimum Gasteiger partial charge on any atom is -0.466 e. The molecule has 1 N–H and O–H groups in total. The number of hydrogen-bond acceptors (Lipinski definition) is 5. The van der Waals surface area contributed by atoms with Crippen LogP contribution in [0.15, 0.2) is 28.7 Å². The fourth-order valence-electron chi connectivity index (χ4n) is 2.96. The van der Waals surface area contributed by atoms with Crippen molar-refractivity contribution in [2.75, 3.05) is 19.7 Å². The van der Waals surface area contributed by atoms with E-state index in [9.17, 15) is 9.59 Å². The van der Waals surface area contributed by atoms with Crippen molar-refractivity contribution in [1.29, 1.82) is 0 Å².